The summed E-state index contributed by atoms with van der Waals surface area (Å²) in [5, 5.41) is 0.449. The van der Waals surface area contributed by atoms with E-state index in [9.17, 15) is 0 Å². The molecule has 0 radical (unpaired) electrons. The fraction of sp³-hybridized carbons (Fsp3) is 0.200. The van der Waals surface area contributed by atoms with Crippen LogP contribution in [0.15, 0.2) is 60.7 Å². The molecule has 3 aromatic rings. The molecule has 0 saturated carbocycles. The predicted octanol–water partition coefficient (Wildman–Crippen LogP) is 4.95. The highest BCUT2D eigenvalue weighted by Crippen LogP contribution is 2.26. The molecule has 3 rings (SSSR count). The SMILES string of the molecule is Cc1nc(Cl)c(N(Cc2ccccc2)Cc2ccccc2)nc1C. The van der Waals surface area contributed by atoms with Crippen molar-refractivity contribution in [2.75, 3.05) is 4.90 Å². The molecule has 0 unspecified atom stereocenters. The van der Waals surface area contributed by atoms with Gasteiger partial charge in [-0.05, 0) is 25.0 Å². The summed E-state index contributed by atoms with van der Waals surface area (Å²) >= 11 is 6.41. The number of hydrogen-bond acceptors (Lipinski definition) is 3. The van der Waals surface area contributed by atoms with Gasteiger partial charge in [0.15, 0.2) is 11.0 Å². The largest absolute Gasteiger partial charge is 0.345 e. The molecule has 0 fully saturated rings. The minimum absolute atomic E-state index is 0.449. The lowest BCUT2D eigenvalue weighted by Gasteiger charge is -2.25. The minimum atomic E-state index is 0.449. The van der Waals surface area contributed by atoms with Gasteiger partial charge in [0, 0.05) is 13.1 Å². The van der Waals surface area contributed by atoms with Gasteiger partial charge in [-0.1, -0.05) is 72.3 Å². The molecule has 24 heavy (non-hydrogen) atoms. The first-order chi connectivity index (χ1) is 11.6. The quantitative estimate of drug-likeness (QED) is 0.659. The van der Waals surface area contributed by atoms with Crippen LogP contribution in [0.4, 0.5) is 5.82 Å². The van der Waals surface area contributed by atoms with Gasteiger partial charge in [-0.3, -0.25) is 0 Å². The molecule has 0 aliphatic rings. The van der Waals surface area contributed by atoms with Crippen LogP contribution >= 0.6 is 11.6 Å². The zero-order chi connectivity index (χ0) is 16.9. The van der Waals surface area contributed by atoms with Gasteiger partial charge in [-0.15, -0.1) is 0 Å². The summed E-state index contributed by atoms with van der Waals surface area (Å²) in [4.78, 5) is 11.3. The van der Waals surface area contributed by atoms with Gasteiger partial charge in [0.25, 0.3) is 0 Å². The van der Waals surface area contributed by atoms with Crippen LogP contribution in [-0.2, 0) is 13.1 Å². The number of halogens is 1. The monoisotopic (exact) mass is 337 g/mol. The van der Waals surface area contributed by atoms with Crippen molar-refractivity contribution in [2.45, 2.75) is 26.9 Å². The highest BCUT2D eigenvalue weighted by Gasteiger charge is 2.16. The number of nitrogens with zero attached hydrogens (tertiary/aromatic N) is 3. The Bertz CT molecular complexity index is 762. The summed E-state index contributed by atoms with van der Waals surface area (Å²) in [6.07, 6.45) is 0. The van der Waals surface area contributed by atoms with Gasteiger partial charge in [0.2, 0.25) is 0 Å². The molecule has 0 amide bonds. The fourth-order valence-corrected chi connectivity index (χ4v) is 2.87. The lowest BCUT2D eigenvalue weighted by Crippen LogP contribution is -2.24. The van der Waals surface area contributed by atoms with Crippen LogP contribution in [0, 0.1) is 13.8 Å². The summed E-state index contributed by atoms with van der Waals surface area (Å²) in [7, 11) is 0. The number of anilines is 1. The van der Waals surface area contributed by atoms with E-state index in [1.54, 1.807) is 0 Å². The Morgan fingerprint density at radius 2 is 1.21 bits per heavy atom. The maximum atomic E-state index is 6.41. The molecule has 0 aliphatic heterocycles. The van der Waals surface area contributed by atoms with Crippen LogP contribution in [0.2, 0.25) is 5.15 Å². The van der Waals surface area contributed by atoms with E-state index in [2.05, 4.69) is 34.1 Å². The lowest BCUT2D eigenvalue weighted by atomic mass is 10.1. The van der Waals surface area contributed by atoms with Gasteiger partial charge in [-0.2, -0.15) is 0 Å². The van der Waals surface area contributed by atoms with Crippen molar-refractivity contribution in [2.24, 2.45) is 0 Å². The molecule has 1 aromatic heterocycles. The summed E-state index contributed by atoms with van der Waals surface area (Å²) in [6, 6.07) is 20.7. The third-order valence-corrected chi connectivity index (χ3v) is 4.23. The summed E-state index contributed by atoms with van der Waals surface area (Å²) in [6.45, 7) is 5.35. The van der Waals surface area contributed by atoms with Crippen molar-refractivity contribution < 1.29 is 0 Å². The van der Waals surface area contributed by atoms with Crippen molar-refractivity contribution in [3.8, 4) is 0 Å². The molecule has 0 saturated heterocycles. The molecule has 0 bridgehead atoms. The zero-order valence-electron chi connectivity index (χ0n) is 13.9. The number of rotatable bonds is 5. The van der Waals surface area contributed by atoms with Gasteiger partial charge in [0.1, 0.15) is 0 Å². The van der Waals surface area contributed by atoms with Crippen molar-refractivity contribution in [3.63, 3.8) is 0 Å². The first-order valence-corrected chi connectivity index (χ1v) is 8.35. The Hall–Kier alpha value is -2.39. The summed E-state index contributed by atoms with van der Waals surface area (Å²) in [5.74, 6) is 0.729. The second-order valence-corrected chi connectivity index (χ2v) is 6.19. The molecular weight excluding hydrogens is 318 g/mol. The van der Waals surface area contributed by atoms with E-state index in [0.717, 1.165) is 30.3 Å². The Morgan fingerprint density at radius 1 is 0.750 bits per heavy atom. The Kier molecular flexibility index (Phi) is 5.11. The fourth-order valence-electron chi connectivity index (χ4n) is 2.58. The molecule has 0 atom stereocenters. The number of aromatic nitrogens is 2. The van der Waals surface area contributed by atoms with Crippen LogP contribution in [0.25, 0.3) is 0 Å². The van der Waals surface area contributed by atoms with E-state index < -0.39 is 0 Å². The summed E-state index contributed by atoms with van der Waals surface area (Å²) in [5.41, 5.74) is 4.19. The van der Waals surface area contributed by atoms with Gasteiger partial charge < -0.3 is 4.90 Å². The van der Waals surface area contributed by atoms with E-state index in [0.29, 0.717) is 5.15 Å². The van der Waals surface area contributed by atoms with E-state index in [4.69, 9.17) is 16.6 Å². The number of aryl methyl sites for hydroxylation is 2. The average molecular weight is 338 g/mol. The van der Waals surface area contributed by atoms with Crippen molar-refractivity contribution in [3.05, 3.63) is 88.3 Å². The van der Waals surface area contributed by atoms with Crippen LogP contribution in [0.5, 0.6) is 0 Å². The van der Waals surface area contributed by atoms with Crippen molar-refractivity contribution in [1.29, 1.82) is 0 Å². The van der Waals surface area contributed by atoms with E-state index >= 15 is 0 Å². The highest BCUT2D eigenvalue weighted by atomic mass is 35.5. The molecule has 122 valence electrons. The molecule has 0 N–H and O–H groups in total. The molecule has 0 aliphatic carbocycles. The summed E-state index contributed by atoms with van der Waals surface area (Å²) < 4.78 is 0. The molecule has 1 heterocycles. The standard InChI is InChI=1S/C20H20ClN3/c1-15-16(2)23-20(19(21)22-15)24(13-17-9-5-3-6-10-17)14-18-11-7-4-8-12-18/h3-12H,13-14H2,1-2H3. The van der Waals surface area contributed by atoms with Gasteiger partial charge in [-0.25, -0.2) is 9.97 Å². The molecule has 4 heteroatoms. The Balaban J connectivity index is 1.96. The first-order valence-electron chi connectivity index (χ1n) is 7.97. The van der Waals surface area contributed by atoms with E-state index in [1.165, 1.54) is 11.1 Å². The normalized spacial score (nSPS) is 10.6. The lowest BCUT2D eigenvalue weighted by molar-refractivity contribution is 0.774. The highest BCUT2D eigenvalue weighted by molar-refractivity contribution is 6.31. The maximum absolute atomic E-state index is 6.41. The molecular formula is C20H20ClN3. The number of hydrogen-bond donors (Lipinski definition) is 0. The second-order valence-electron chi connectivity index (χ2n) is 5.84. The van der Waals surface area contributed by atoms with Crippen LogP contribution in [0.1, 0.15) is 22.5 Å². The predicted molar refractivity (Wildman–Crippen MR) is 99.3 cm³/mol. The van der Waals surface area contributed by atoms with Gasteiger partial charge in [0.05, 0.1) is 11.4 Å². The average Bonchev–Trinajstić information content (AvgIpc) is 2.59. The van der Waals surface area contributed by atoms with Crippen molar-refractivity contribution in [1.82, 2.24) is 9.97 Å². The first kappa shape index (κ1) is 16.5. The third-order valence-electron chi connectivity index (χ3n) is 3.98. The van der Waals surface area contributed by atoms with Crippen LogP contribution < -0.4 is 4.90 Å². The zero-order valence-corrected chi connectivity index (χ0v) is 14.7. The van der Waals surface area contributed by atoms with E-state index in [1.807, 2.05) is 50.2 Å². The number of benzene rings is 2. The van der Waals surface area contributed by atoms with Gasteiger partial charge >= 0.3 is 0 Å². The Morgan fingerprint density at radius 3 is 1.71 bits per heavy atom. The minimum Gasteiger partial charge on any atom is -0.345 e. The topological polar surface area (TPSA) is 29.0 Å². The van der Waals surface area contributed by atoms with E-state index in [-0.39, 0.29) is 0 Å². The van der Waals surface area contributed by atoms with Crippen LogP contribution in [0.3, 0.4) is 0 Å². The maximum Gasteiger partial charge on any atom is 0.171 e. The Labute approximate surface area is 148 Å². The molecule has 2 aromatic carbocycles. The smallest absolute Gasteiger partial charge is 0.171 e. The molecule has 0 spiro atoms. The second kappa shape index (κ2) is 7.45. The third kappa shape index (κ3) is 3.92. The molecule has 3 nitrogen and oxygen atoms in total. The van der Waals surface area contributed by atoms with Crippen LogP contribution in [-0.4, -0.2) is 9.97 Å². The van der Waals surface area contributed by atoms with Crippen molar-refractivity contribution >= 4 is 17.4 Å².